The summed E-state index contributed by atoms with van der Waals surface area (Å²) in [5.41, 5.74) is 0.362. The maximum absolute atomic E-state index is 13.2. The summed E-state index contributed by atoms with van der Waals surface area (Å²) in [7, 11) is 0. The largest absolute Gasteiger partial charge is 0.297 e. The van der Waals surface area contributed by atoms with Crippen LogP contribution in [-0.2, 0) is 15.0 Å². The summed E-state index contributed by atoms with van der Waals surface area (Å²) in [6, 6.07) is 18.8. The molecule has 0 aliphatic carbocycles. The van der Waals surface area contributed by atoms with E-state index in [1.54, 1.807) is 0 Å². The number of benzene rings is 2. The predicted octanol–water partition coefficient (Wildman–Crippen LogP) is 4.05. The van der Waals surface area contributed by atoms with Gasteiger partial charge in [-0.2, -0.15) is 0 Å². The average molecular weight is 292 g/mol. The third-order valence-electron chi connectivity index (χ3n) is 4.11. The highest BCUT2D eigenvalue weighted by molar-refractivity contribution is 6.13. The van der Waals surface area contributed by atoms with E-state index in [1.165, 1.54) is 0 Å². The molecule has 1 unspecified atom stereocenters. The molecule has 2 rings (SSSR count). The molecule has 0 saturated heterocycles. The van der Waals surface area contributed by atoms with Crippen LogP contribution in [0.25, 0.3) is 0 Å². The smallest absolute Gasteiger partial charge is 0.217 e. The fraction of sp³-hybridized carbons (Fsp3) is 0.250. The van der Waals surface area contributed by atoms with Crippen molar-refractivity contribution in [2.75, 3.05) is 0 Å². The van der Waals surface area contributed by atoms with Crippen molar-refractivity contribution < 1.29 is 9.59 Å². The second kappa shape index (κ2) is 7.17. The van der Waals surface area contributed by atoms with E-state index < -0.39 is 5.41 Å². The molecule has 0 aliphatic rings. The van der Waals surface area contributed by atoms with Gasteiger partial charge in [-0.25, -0.2) is 0 Å². The molecule has 22 heavy (non-hydrogen) atoms. The first-order chi connectivity index (χ1) is 10.7. The summed E-state index contributed by atoms with van der Waals surface area (Å²) >= 11 is 0. The zero-order valence-corrected chi connectivity index (χ0v) is 13.0. The minimum absolute atomic E-state index is 0.148. The summed E-state index contributed by atoms with van der Waals surface area (Å²) in [5.74, 6) is 0.527. The number of hydrogen-bond donors (Lipinski definition) is 0. The quantitative estimate of drug-likeness (QED) is 0.722. The fourth-order valence-electron chi connectivity index (χ4n) is 2.79. The van der Waals surface area contributed by atoms with Crippen molar-refractivity contribution in [1.29, 1.82) is 0 Å². The van der Waals surface area contributed by atoms with E-state index in [0.29, 0.717) is 24.3 Å². The van der Waals surface area contributed by atoms with E-state index in [-0.39, 0.29) is 5.78 Å². The second-order valence-electron chi connectivity index (χ2n) is 5.25. The summed E-state index contributed by atoms with van der Waals surface area (Å²) in [6.07, 6.45) is 3.03. The van der Waals surface area contributed by atoms with Crippen LogP contribution in [0.4, 0.5) is 0 Å². The molecule has 112 valence electrons. The Morgan fingerprint density at radius 1 is 0.955 bits per heavy atom. The highest BCUT2D eigenvalue weighted by atomic mass is 16.1. The van der Waals surface area contributed by atoms with Crippen molar-refractivity contribution in [1.82, 2.24) is 0 Å². The second-order valence-corrected chi connectivity index (χ2v) is 5.25. The van der Waals surface area contributed by atoms with Crippen molar-refractivity contribution in [3.05, 3.63) is 77.7 Å². The van der Waals surface area contributed by atoms with Gasteiger partial charge in [-0.3, -0.25) is 9.59 Å². The van der Waals surface area contributed by atoms with E-state index >= 15 is 0 Å². The van der Waals surface area contributed by atoms with E-state index in [0.717, 1.165) is 5.56 Å². The Bertz CT molecular complexity index is 619. The molecule has 0 heterocycles. The van der Waals surface area contributed by atoms with Crippen LogP contribution in [0, 0.1) is 5.92 Å². The Hall–Kier alpha value is -2.22. The lowest BCUT2D eigenvalue weighted by Crippen LogP contribution is -2.40. The van der Waals surface area contributed by atoms with Crippen LogP contribution in [0.2, 0.25) is 0 Å². The molecule has 0 fully saturated rings. The number of Topliss-reactive ketones (excluding diaryl/α,β-unsaturated/α-hetero) is 1. The molecule has 0 amide bonds. The minimum Gasteiger partial charge on any atom is -0.297 e. The molecule has 2 nitrogen and oxygen atoms in total. The van der Waals surface area contributed by atoms with Crippen LogP contribution in [0.5, 0.6) is 0 Å². The molecule has 0 spiro atoms. The Kier molecular flexibility index (Phi) is 5.26. The molecule has 0 N–H and O–H groups in total. The number of ketones is 1. The van der Waals surface area contributed by atoms with Crippen LogP contribution in [0.15, 0.2) is 60.7 Å². The summed E-state index contributed by atoms with van der Waals surface area (Å²) in [4.78, 5) is 25.0. The average Bonchev–Trinajstić information content (AvgIpc) is 2.59. The van der Waals surface area contributed by atoms with Crippen molar-refractivity contribution in [2.45, 2.75) is 32.1 Å². The molecule has 0 saturated carbocycles. The fourth-order valence-corrected chi connectivity index (χ4v) is 2.79. The van der Waals surface area contributed by atoms with Crippen molar-refractivity contribution in [3.63, 3.8) is 0 Å². The normalized spacial score (nSPS) is 13.6. The Morgan fingerprint density at radius 3 is 1.95 bits per heavy atom. The van der Waals surface area contributed by atoms with Gasteiger partial charge in [-0.15, -0.1) is 0 Å². The molecule has 2 aromatic rings. The molecule has 0 aliphatic heterocycles. The maximum atomic E-state index is 13.2. The lowest BCUT2D eigenvalue weighted by molar-refractivity contribution is -0.120. The number of carbonyl (C=O) groups excluding carboxylic acids is 2. The zero-order valence-electron chi connectivity index (χ0n) is 13.0. The van der Waals surface area contributed by atoms with Crippen molar-refractivity contribution >= 4 is 12.1 Å². The maximum Gasteiger partial charge on any atom is 0.217 e. The minimum atomic E-state index is -1.22. The first-order valence-electron chi connectivity index (χ1n) is 7.60. The summed E-state index contributed by atoms with van der Waals surface area (Å²) in [6.45, 7) is 3.80. The molecule has 0 bridgehead atoms. The van der Waals surface area contributed by atoms with Gasteiger partial charge in [0, 0.05) is 0 Å². The van der Waals surface area contributed by atoms with Gasteiger partial charge < -0.3 is 0 Å². The van der Waals surface area contributed by atoms with Crippen LogP contribution in [0.3, 0.4) is 0 Å². The van der Waals surface area contributed by atoms with Crippen LogP contribution in [-0.4, -0.2) is 12.1 Å². The standard InChI is InChI=1S/C20H20O2/c1-3-18(16-11-7-5-8-12-16)19(22)20(4-2,15-21)17-13-9-6-10-14-17/h5-14H,3-4H2,1-2H3. The Balaban J connectivity index is 2.48. The summed E-state index contributed by atoms with van der Waals surface area (Å²) in [5, 5.41) is 0. The first-order valence-corrected chi connectivity index (χ1v) is 7.60. The van der Waals surface area contributed by atoms with Gasteiger partial charge in [0.15, 0.2) is 5.78 Å². The van der Waals surface area contributed by atoms with Gasteiger partial charge in [0.25, 0.3) is 0 Å². The number of rotatable bonds is 7. The van der Waals surface area contributed by atoms with Gasteiger partial charge in [-0.1, -0.05) is 74.5 Å². The van der Waals surface area contributed by atoms with Crippen LogP contribution in [0.1, 0.15) is 37.8 Å². The lowest BCUT2D eigenvalue weighted by atomic mass is 9.70. The SMILES string of the molecule is CC[C](C(=O)C([C]=O)(CC)c1ccccc1)c1ccccc1. The van der Waals surface area contributed by atoms with Crippen LogP contribution < -0.4 is 0 Å². The molecular weight excluding hydrogens is 272 g/mol. The molecule has 2 heteroatoms. The lowest BCUT2D eigenvalue weighted by Gasteiger charge is -2.29. The van der Waals surface area contributed by atoms with Gasteiger partial charge in [0.2, 0.25) is 6.29 Å². The highest BCUT2D eigenvalue weighted by Gasteiger charge is 2.43. The van der Waals surface area contributed by atoms with E-state index in [9.17, 15) is 9.59 Å². The van der Waals surface area contributed by atoms with E-state index in [4.69, 9.17) is 0 Å². The number of carbonyl (C=O) groups is 1. The Morgan fingerprint density at radius 2 is 1.50 bits per heavy atom. The van der Waals surface area contributed by atoms with E-state index in [2.05, 4.69) is 0 Å². The Labute approximate surface area is 132 Å². The van der Waals surface area contributed by atoms with Gasteiger partial charge >= 0.3 is 0 Å². The zero-order chi connectivity index (χ0) is 16.0. The third-order valence-corrected chi connectivity index (χ3v) is 4.11. The van der Waals surface area contributed by atoms with Gasteiger partial charge in [0.05, 0.1) is 5.92 Å². The monoisotopic (exact) mass is 292 g/mol. The first kappa shape index (κ1) is 16.2. The predicted molar refractivity (Wildman–Crippen MR) is 88.2 cm³/mol. The highest BCUT2D eigenvalue weighted by Crippen LogP contribution is 2.34. The van der Waals surface area contributed by atoms with Crippen molar-refractivity contribution in [3.8, 4) is 0 Å². The van der Waals surface area contributed by atoms with Crippen LogP contribution >= 0.6 is 0 Å². The molecule has 2 radical (unpaired) electrons. The summed E-state index contributed by atoms with van der Waals surface area (Å²) < 4.78 is 0. The number of hydrogen-bond acceptors (Lipinski definition) is 2. The van der Waals surface area contributed by atoms with Gasteiger partial charge in [0.1, 0.15) is 5.41 Å². The topological polar surface area (TPSA) is 34.1 Å². The third kappa shape index (κ3) is 2.87. The molecule has 1 atom stereocenters. The molecular formula is C20H20O2. The van der Waals surface area contributed by atoms with Gasteiger partial charge in [-0.05, 0) is 24.0 Å². The molecule has 2 aromatic carbocycles. The van der Waals surface area contributed by atoms with E-state index in [1.807, 2.05) is 80.8 Å². The van der Waals surface area contributed by atoms with Crippen molar-refractivity contribution in [2.24, 2.45) is 0 Å². The molecule has 0 aromatic heterocycles.